The van der Waals surface area contributed by atoms with Gasteiger partial charge in [-0.2, -0.15) is 0 Å². The number of carboxylic acids is 1. The molecule has 0 aliphatic heterocycles. The summed E-state index contributed by atoms with van der Waals surface area (Å²) < 4.78 is 0. The van der Waals surface area contributed by atoms with E-state index in [9.17, 15) is 9.59 Å². The minimum atomic E-state index is -1.11. The number of hydrogen-bond donors (Lipinski definition) is 4. The Kier molecular flexibility index (Phi) is 4.33. The minimum Gasteiger partial charge on any atom is -0.508 e. The van der Waals surface area contributed by atoms with E-state index in [0.717, 1.165) is 0 Å². The van der Waals surface area contributed by atoms with E-state index >= 15 is 0 Å². The van der Waals surface area contributed by atoms with Crippen molar-refractivity contribution in [1.29, 1.82) is 0 Å². The topological polar surface area (TPSA) is 98.7 Å². The van der Waals surface area contributed by atoms with E-state index in [1.165, 1.54) is 19.2 Å². The Hall–Kier alpha value is -2.24. The van der Waals surface area contributed by atoms with Crippen LogP contribution >= 0.6 is 0 Å². The first kappa shape index (κ1) is 12.8. The number of phenolic OH excluding ortho intramolecular Hbond substituents is 1. The van der Waals surface area contributed by atoms with Gasteiger partial charge in [-0.15, -0.1) is 0 Å². The number of aromatic hydroxyl groups is 1. The van der Waals surface area contributed by atoms with Crippen molar-refractivity contribution in [3.05, 3.63) is 29.8 Å². The molecule has 0 spiro atoms. The fourth-order valence-electron chi connectivity index (χ4n) is 1.30. The number of carboxylic acid groups (broad SMARTS) is 1. The van der Waals surface area contributed by atoms with Gasteiger partial charge in [0.25, 0.3) is 0 Å². The first-order chi connectivity index (χ1) is 8.02. The van der Waals surface area contributed by atoms with Gasteiger partial charge in [-0.25, -0.2) is 9.59 Å². The Balaban J connectivity index is 2.70. The van der Waals surface area contributed by atoms with Crippen LogP contribution in [0.1, 0.15) is 5.56 Å². The zero-order chi connectivity index (χ0) is 12.8. The molecule has 17 heavy (non-hydrogen) atoms. The second-order valence-corrected chi connectivity index (χ2v) is 3.48. The van der Waals surface area contributed by atoms with Crippen LogP contribution < -0.4 is 10.6 Å². The van der Waals surface area contributed by atoms with Crippen LogP contribution in [0.25, 0.3) is 0 Å². The van der Waals surface area contributed by atoms with Gasteiger partial charge in [-0.05, 0) is 17.7 Å². The molecule has 1 aromatic carbocycles. The van der Waals surface area contributed by atoms with Crippen molar-refractivity contribution in [3.8, 4) is 5.75 Å². The van der Waals surface area contributed by atoms with Gasteiger partial charge in [-0.3, -0.25) is 0 Å². The zero-order valence-electron chi connectivity index (χ0n) is 9.30. The number of nitrogens with one attached hydrogen (secondary N) is 2. The van der Waals surface area contributed by atoms with Crippen molar-refractivity contribution in [1.82, 2.24) is 10.6 Å². The number of carbonyl (C=O) groups is 2. The molecule has 0 saturated heterocycles. The highest BCUT2D eigenvalue weighted by atomic mass is 16.4. The van der Waals surface area contributed by atoms with E-state index in [4.69, 9.17) is 10.2 Å². The first-order valence-electron chi connectivity index (χ1n) is 5.02. The van der Waals surface area contributed by atoms with E-state index < -0.39 is 18.0 Å². The molecule has 1 atom stereocenters. The third kappa shape index (κ3) is 4.02. The second kappa shape index (κ2) is 5.74. The van der Waals surface area contributed by atoms with Crippen LogP contribution in [0.4, 0.5) is 4.79 Å². The number of aliphatic carboxylic acids is 1. The molecule has 0 radical (unpaired) electrons. The van der Waals surface area contributed by atoms with Gasteiger partial charge in [0.2, 0.25) is 0 Å². The second-order valence-electron chi connectivity index (χ2n) is 3.48. The fourth-order valence-corrected chi connectivity index (χ4v) is 1.30. The average Bonchev–Trinajstić information content (AvgIpc) is 2.30. The summed E-state index contributed by atoms with van der Waals surface area (Å²) >= 11 is 0. The molecule has 6 heteroatoms. The van der Waals surface area contributed by atoms with Crippen molar-refractivity contribution in [2.75, 3.05) is 7.05 Å². The van der Waals surface area contributed by atoms with Crippen LogP contribution in [0.15, 0.2) is 24.3 Å². The molecule has 92 valence electrons. The normalized spacial score (nSPS) is 11.6. The summed E-state index contributed by atoms with van der Waals surface area (Å²) in [7, 11) is 1.41. The summed E-state index contributed by atoms with van der Waals surface area (Å²) in [4.78, 5) is 22.0. The molecule has 0 aliphatic rings. The molecule has 0 heterocycles. The molecule has 4 N–H and O–H groups in total. The third-order valence-corrected chi connectivity index (χ3v) is 2.21. The van der Waals surface area contributed by atoms with Crippen LogP contribution in [0.2, 0.25) is 0 Å². The summed E-state index contributed by atoms with van der Waals surface area (Å²) in [5.41, 5.74) is 0.714. The lowest BCUT2D eigenvalue weighted by molar-refractivity contribution is -0.139. The van der Waals surface area contributed by atoms with E-state index in [2.05, 4.69) is 10.6 Å². The molecule has 2 amide bonds. The highest BCUT2D eigenvalue weighted by Crippen LogP contribution is 2.11. The van der Waals surface area contributed by atoms with E-state index in [1.54, 1.807) is 12.1 Å². The lowest BCUT2D eigenvalue weighted by Gasteiger charge is -2.14. The summed E-state index contributed by atoms with van der Waals surface area (Å²) in [5, 5.41) is 22.6. The zero-order valence-corrected chi connectivity index (χ0v) is 9.30. The molecular formula is C11H14N2O4. The molecule has 1 aromatic rings. The Morgan fingerprint density at radius 2 is 1.88 bits per heavy atom. The summed E-state index contributed by atoms with van der Waals surface area (Å²) in [6.07, 6.45) is 0.156. The number of phenols is 1. The van der Waals surface area contributed by atoms with Gasteiger partial charge in [-0.1, -0.05) is 12.1 Å². The van der Waals surface area contributed by atoms with Crippen LogP contribution in [-0.2, 0) is 11.2 Å². The molecule has 6 nitrogen and oxygen atoms in total. The SMILES string of the molecule is CNC(=O)N[C@H](Cc1ccc(O)cc1)C(=O)O. The highest BCUT2D eigenvalue weighted by molar-refractivity contribution is 5.82. The average molecular weight is 238 g/mol. The van der Waals surface area contributed by atoms with Gasteiger partial charge in [0, 0.05) is 13.5 Å². The van der Waals surface area contributed by atoms with E-state index in [-0.39, 0.29) is 12.2 Å². The highest BCUT2D eigenvalue weighted by Gasteiger charge is 2.19. The van der Waals surface area contributed by atoms with Gasteiger partial charge in [0.1, 0.15) is 11.8 Å². The molecule has 0 aromatic heterocycles. The lowest BCUT2D eigenvalue weighted by atomic mass is 10.1. The number of carbonyl (C=O) groups excluding carboxylic acids is 1. The Bertz CT molecular complexity index is 402. The number of rotatable bonds is 4. The number of urea groups is 1. The Labute approximate surface area is 98.3 Å². The fraction of sp³-hybridized carbons (Fsp3) is 0.273. The van der Waals surface area contributed by atoms with Gasteiger partial charge in [0.15, 0.2) is 0 Å². The van der Waals surface area contributed by atoms with Crippen LogP contribution in [0, 0.1) is 0 Å². The maximum absolute atomic E-state index is 11.0. The predicted molar refractivity (Wildman–Crippen MR) is 60.8 cm³/mol. The van der Waals surface area contributed by atoms with Gasteiger partial charge in [0.05, 0.1) is 0 Å². The van der Waals surface area contributed by atoms with Crippen molar-refractivity contribution >= 4 is 12.0 Å². The van der Waals surface area contributed by atoms with E-state index in [0.29, 0.717) is 5.56 Å². The third-order valence-electron chi connectivity index (χ3n) is 2.21. The van der Waals surface area contributed by atoms with Gasteiger partial charge < -0.3 is 20.8 Å². The van der Waals surface area contributed by atoms with E-state index in [1.807, 2.05) is 0 Å². The van der Waals surface area contributed by atoms with Gasteiger partial charge >= 0.3 is 12.0 Å². The summed E-state index contributed by atoms with van der Waals surface area (Å²) in [5.74, 6) is -0.999. The minimum absolute atomic E-state index is 0.111. The number of hydrogen-bond acceptors (Lipinski definition) is 3. The standard InChI is InChI=1S/C11H14N2O4/c1-12-11(17)13-9(10(15)16)6-7-2-4-8(14)5-3-7/h2-5,9,14H,6H2,1H3,(H,15,16)(H2,12,13,17)/t9-/m1/s1. The smallest absolute Gasteiger partial charge is 0.326 e. The monoisotopic (exact) mass is 238 g/mol. The maximum atomic E-state index is 11.0. The molecule has 0 aliphatic carbocycles. The largest absolute Gasteiger partial charge is 0.508 e. The van der Waals surface area contributed by atoms with Crippen LogP contribution in [0.5, 0.6) is 5.75 Å². The quantitative estimate of drug-likeness (QED) is 0.607. The predicted octanol–water partition coefficient (Wildman–Crippen LogP) is 0.317. The summed E-state index contributed by atoms with van der Waals surface area (Å²) in [6.45, 7) is 0. The summed E-state index contributed by atoms with van der Waals surface area (Å²) in [6, 6.07) is 4.60. The van der Waals surface area contributed by atoms with Crippen molar-refractivity contribution in [3.63, 3.8) is 0 Å². The number of amides is 2. The van der Waals surface area contributed by atoms with Crippen LogP contribution in [-0.4, -0.2) is 35.3 Å². The van der Waals surface area contributed by atoms with Crippen molar-refractivity contribution < 1.29 is 19.8 Å². The first-order valence-corrected chi connectivity index (χ1v) is 5.02. The molecule has 0 unspecified atom stereocenters. The van der Waals surface area contributed by atoms with Crippen LogP contribution in [0.3, 0.4) is 0 Å². The maximum Gasteiger partial charge on any atom is 0.326 e. The molecule has 1 rings (SSSR count). The molecule has 0 fully saturated rings. The van der Waals surface area contributed by atoms with Crippen molar-refractivity contribution in [2.24, 2.45) is 0 Å². The molecule has 0 saturated carbocycles. The lowest BCUT2D eigenvalue weighted by Crippen LogP contribution is -2.46. The van der Waals surface area contributed by atoms with Crippen molar-refractivity contribution in [2.45, 2.75) is 12.5 Å². The molecule has 0 bridgehead atoms. The molecular weight excluding hydrogens is 224 g/mol. The Morgan fingerprint density at radius 1 is 1.29 bits per heavy atom. The Morgan fingerprint density at radius 3 is 2.35 bits per heavy atom. The number of benzene rings is 1.